The summed E-state index contributed by atoms with van der Waals surface area (Å²) in [5.41, 5.74) is -0.0104. The van der Waals surface area contributed by atoms with Gasteiger partial charge in [-0.05, 0) is 36.4 Å². The van der Waals surface area contributed by atoms with E-state index >= 15 is 0 Å². The largest absolute Gasteiger partial charge is 0.467 e. The number of amidine groups is 1. The Morgan fingerprint density at radius 1 is 1.23 bits per heavy atom. The van der Waals surface area contributed by atoms with Crippen LogP contribution >= 0.6 is 11.8 Å². The lowest BCUT2D eigenvalue weighted by atomic mass is 10.0. The van der Waals surface area contributed by atoms with Crippen molar-refractivity contribution >= 4 is 22.6 Å². The first-order chi connectivity index (χ1) is 12.6. The third-order valence-electron chi connectivity index (χ3n) is 4.15. The van der Waals surface area contributed by atoms with Gasteiger partial charge < -0.3 is 14.4 Å². The van der Waals surface area contributed by atoms with E-state index in [4.69, 9.17) is 4.42 Å². The van der Waals surface area contributed by atoms with E-state index in [0.717, 1.165) is 0 Å². The molecule has 3 aromatic rings. The van der Waals surface area contributed by atoms with Gasteiger partial charge in [0.25, 0.3) is 0 Å². The van der Waals surface area contributed by atoms with Gasteiger partial charge in [0, 0.05) is 11.8 Å². The van der Waals surface area contributed by atoms with Gasteiger partial charge in [0.2, 0.25) is 0 Å². The molecule has 1 atom stereocenters. The lowest BCUT2D eigenvalue weighted by Crippen LogP contribution is -2.44. The normalized spacial score (nSPS) is 21.5. The number of halogens is 1. The summed E-state index contributed by atoms with van der Waals surface area (Å²) in [6.45, 7) is 0.340. The number of nitrogens with zero attached hydrogens (tertiary/aromatic N) is 3. The lowest BCUT2D eigenvalue weighted by molar-refractivity contribution is -0.0544. The van der Waals surface area contributed by atoms with Crippen molar-refractivity contribution < 1.29 is 13.9 Å². The molecule has 1 aromatic carbocycles. The molecule has 7 heteroatoms. The Labute approximate surface area is 154 Å². The summed E-state index contributed by atoms with van der Waals surface area (Å²) in [6.07, 6.45) is 4.93. The van der Waals surface area contributed by atoms with E-state index < -0.39 is 5.72 Å². The van der Waals surface area contributed by atoms with Crippen molar-refractivity contribution in [2.45, 2.75) is 12.3 Å². The van der Waals surface area contributed by atoms with Crippen LogP contribution in [0.4, 0.5) is 10.1 Å². The number of furan rings is 1. The highest BCUT2D eigenvalue weighted by molar-refractivity contribution is 8.14. The highest BCUT2D eigenvalue weighted by Crippen LogP contribution is 2.41. The van der Waals surface area contributed by atoms with Gasteiger partial charge in [-0.25, -0.2) is 9.38 Å². The van der Waals surface area contributed by atoms with Gasteiger partial charge in [0.05, 0.1) is 30.4 Å². The Hall–Kier alpha value is -2.64. The van der Waals surface area contributed by atoms with Crippen LogP contribution in [0.15, 0.2) is 76.6 Å². The van der Waals surface area contributed by atoms with Crippen LogP contribution in [0.3, 0.4) is 0 Å². The van der Waals surface area contributed by atoms with E-state index in [1.807, 2.05) is 18.2 Å². The van der Waals surface area contributed by atoms with Gasteiger partial charge >= 0.3 is 0 Å². The molecule has 1 aliphatic rings. The first-order valence-electron chi connectivity index (χ1n) is 8.05. The van der Waals surface area contributed by atoms with Crippen LogP contribution in [0.1, 0.15) is 11.3 Å². The Bertz CT molecular complexity index is 900. The molecule has 0 unspecified atom stereocenters. The van der Waals surface area contributed by atoms with Crippen molar-refractivity contribution in [3.63, 3.8) is 0 Å². The summed E-state index contributed by atoms with van der Waals surface area (Å²) in [7, 11) is 0. The van der Waals surface area contributed by atoms with Crippen LogP contribution in [-0.2, 0) is 12.3 Å². The fraction of sp³-hybridized carbons (Fsp3) is 0.158. The Kier molecular flexibility index (Phi) is 4.48. The van der Waals surface area contributed by atoms with Crippen molar-refractivity contribution in [3.8, 4) is 0 Å². The lowest BCUT2D eigenvalue weighted by Gasteiger charge is -2.34. The first kappa shape index (κ1) is 16.8. The van der Waals surface area contributed by atoms with E-state index in [1.54, 1.807) is 41.8 Å². The number of rotatable bonds is 4. The highest BCUT2D eigenvalue weighted by Gasteiger charge is 2.45. The maximum absolute atomic E-state index is 13.3. The van der Waals surface area contributed by atoms with Crippen molar-refractivity contribution in [1.29, 1.82) is 0 Å². The van der Waals surface area contributed by atoms with E-state index in [0.29, 0.717) is 34.5 Å². The molecular formula is C19H16FN3O2S. The zero-order valence-corrected chi connectivity index (χ0v) is 14.6. The van der Waals surface area contributed by atoms with Crippen LogP contribution in [0, 0.1) is 5.82 Å². The molecule has 5 nitrogen and oxygen atoms in total. The molecule has 0 amide bonds. The number of thioether (sulfide) groups is 1. The Balaban J connectivity index is 1.74. The van der Waals surface area contributed by atoms with Crippen molar-refractivity contribution in [3.05, 3.63) is 84.3 Å². The minimum Gasteiger partial charge on any atom is -0.467 e. The predicted octanol–water partition coefficient (Wildman–Crippen LogP) is 3.90. The topological polar surface area (TPSA) is 61.9 Å². The Morgan fingerprint density at radius 2 is 2.08 bits per heavy atom. The van der Waals surface area contributed by atoms with Gasteiger partial charge in [-0.1, -0.05) is 23.9 Å². The zero-order valence-electron chi connectivity index (χ0n) is 13.7. The first-order valence-corrected chi connectivity index (χ1v) is 9.04. The van der Waals surface area contributed by atoms with Gasteiger partial charge in [-0.15, -0.1) is 0 Å². The summed E-state index contributed by atoms with van der Waals surface area (Å²) in [5.74, 6) is 0.732. The number of benzene rings is 1. The standard InChI is InChI=1S/C19H16FN3O2S/c20-15-7-5-14(6-8-15)19(24)13-26-18(22-16-3-1-9-21-11-16)23(19)12-17-4-2-10-25-17/h1-11,24H,12-13H2/t19-/m0/s1. The van der Waals surface area contributed by atoms with Crippen molar-refractivity contribution in [2.75, 3.05) is 5.75 Å². The molecule has 4 rings (SSSR count). The summed E-state index contributed by atoms with van der Waals surface area (Å²) < 4.78 is 18.8. The van der Waals surface area contributed by atoms with Crippen LogP contribution in [0.2, 0.25) is 0 Å². The molecule has 26 heavy (non-hydrogen) atoms. The van der Waals surface area contributed by atoms with Gasteiger partial charge in [-0.2, -0.15) is 0 Å². The van der Waals surface area contributed by atoms with Crippen molar-refractivity contribution in [1.82, 2.24) is 9.88 Å². The maximum Gasteiger partial charge on any atom is 0.176 e. The van der Waals surface area contributed by atoms with E-state index in [-0.39, 0.29) is 5.82 Å². The van der Waals surface area contributed by atoms with E-state index in [2.05, 4.69) is 9.98 Å². The molecule has 1 saturated heterocycles. The average molecular weight is 369 g/mol. The smallest absolute Gasteiger partial charge is 0.176 e. The van der Waals surface area contributed by atoms with Crippen LogP contribution in [0.25, 0.3) is 0 Å². The summed E-state index contributed by atoms with van der Waals surface area (Å²) >= 11 is 1.44. The van der Waals surface area contributed by atoms with Crippen LogP contribution in [0.5, 0.6) is 0 Å². The highest BCUT2D eigenvalue weighted by atomic mass is 32.2. The van der Waals surface area contributed by atoms with Crippen LogP contribution in [-0.4, -0.2) is 25.9 Å². The second-order valence-electron chi connectivity index (χ2n) is 5.88. The molecular weight excluding hydrogens is 353 g/mol. The molecule has 2 aromatic heterocycles. The zero-order chi connectivity index (χ0) is 18.0. The van der Waals surface area contributed by atoms with Crippen LogP contribution < -0.4 is 0 Å². The number of aliphatic hydroxyl groups is 1. The molecule has 132 valence electrons. The molecule has 0 saturated carbocycles. The molecule has 0 bridgehead atoms. The molecule has 1 fully saturated rings. The maximum atomic E-state index is 13.3. The average Bonchev–Trinajstić information content (AvgIpc) is 3.28. The fourth-order valence-electron chi connectivity index (χ4n) is 2.81. The second-order valence-corrected chi connectivity index (χ2v) is 6.83. The quantitative estimate of drug-likeness (QED) is 0.756. The minimum absolute atomic E-state index is 0.340. The molecule has 0 spiro atoms. The van der Waals surface area contributed by atoms with Gasteiger partial charge in [-0.3, -0.25) is 4.98 Å². The number of aliphatic imine (C=N–C) groups is 1. The number of pyridine rings is 1. The van der Waals surface area contributed by atoms with Crippen molar-refractivity contribution in [2.24, 2.45) is 4.99 Å². The number of aromatic nitrogens is 1. The molecule has 0 radical (unpaired) electrons. The minimum atomic E-state index is -1.31. The molecule has 1 N–H and O–H groups in total. The van der Waals surface area contributed by atoms with Gasteiger partial charge in [0.1, 0.15) is 11.6 Å². The third-order valence-corrected chi connectivity index (χ3v) is 5.27. The summed E-state index contributed by atoms with van der Waals surface area (Å²) in [4.78, 5) is 10.5. The predicted molar refractivity (Wildman–Crippen MR) is 98.3 cm³/mol. The summed E-state index contributed by atoms with van der Waals surface area (Å²) in [5, 5.41) is 12.1. The SMILES string of the molecule is O[C@]1(c2ccc(F)cc2)CSC(=Nc2cccnc2)N1Cc1ccco1. The third kappa shape index (κ3) is 3.23. The van der Waals surface area contributed by atoms with E-state index in [9.17, 15) is 9.50 Å². The number of hydrogen-bond acceptors (Lipinski definition) is 5. The molecule has 1 aliphatic heterocycles. The second kappa shape index (κ2) is 6.93. The monoisotopic (exact) mass is 369 g/mol. The number of hydrogen-bond donors (Lipinski definition) is 1. The fourth-order valence-corrected chi connectivity index (χ4v) is 4.01. The summed E-state index contributed by atoms with van der Waals surface area (Å²) in [6, 6.07) is 13.2. The van der Waals surface area contributed by atoms with E-state index in [1.165, 1.54) is 23.9 Å². The van der Waals surface area contributed by atoms with Gasteiger partial charge in [0.15, 0.2) is 10.9 Å². The molecule has 3 heterocycles. The Morgan fingerprint density at radius 3 is 2.77 bits per heavy atom. The molecule has 0 aliphatic carbocycles.